The van der Waals surface area contributed by atoms with Gasteiger partial charge in [-0.2, -0.15) is 0 Å². The summed E-state index contributed by atoms with van der Waals surface area (Å²) in [7, 11) is 2.89. The normalized spacial score (nSPS) is 10.8. The summed E-state index contributed by atoms with van der Waals surface area (Å²) >= 11 is 0. The van der Waals surface area contributed by atoms with E-state index in [2.05, 4.69) is 15.4 Å². The first kappa shape index (κ1) is 27.1. The molecule has 9 heteroatoms. The summed E-state index contributed by atoms with van der Waals surface area (Å²) in [5.74, 6) is 0.564. The van der Waals surface area contributed by atoms with Gasteiger partial charge in [-0.05, 0) is 52.2 Å². The summed E-state index contributed by atoms with van der Waals surface area (Å²) in [6.45, 7) is 6.67. The maximum Gasteiger partial charge on any atom is 0.407 e. The van der Waals surface area contributed by atoms with Crippen LogP contribution in [0.4, 0.5) is 4.79 Å². The van der Waals surface area contributed by atoms with Crippen molar-refractivity contribution in [2.45, 2.75) is 58.5 Å². The summed E-state index contributed by atoms with van der Waals surface area (Å²) in [6.07, 6.45) is 2.79. The van der Waals surface area contributed by atoms with Gasteiger partial charge in [0.05, 0.1) is 20.8 Å². The molecule has 0 saturated heterocycles. The maximum absolute atomic E-state index is 12.5. The first-order chi connectivity index (χ1) is 15.1. The lowest BCUT2D eigenvalue weighted by atomic mass is 10.1. The fourth-order valence-electron chi connectivity index (χ4n) is 2.65. The predicted molar refractivity (Wildman–Crippen MR) is 120 cm³/mol. The van der Waals surface area contributed by atoms with Crippen LogP contribution in [0, 0.1) is 0 Å². The Morgan fingerprint density at radius 3 is 2.22 bits per heavy atom. The number of nitrogens with one attached hydrogen (secondary N) is 2. The van der Waals surface area contributed by atoms with Crippen molar-refractivity contribution in [3.8, 4) is 11.5 Å². The number of amides is 2. The van der Waals surface area contributed by atoms with Crippen LogP contribution in [-0.4, -0.2) is 57.5 Å². The van der Waals surface area contributed by atoms with E-state index in [4.69, 9.17) is 14.2 Å². The molecular weight excluding hydrogens is 416 g/mol. The van der Waals surface area contributed by atoms with E-state index in [1.165, 1.54) is 14.2 Å². The Balaban J connectivity index is 2.42. The van der Waals surface area contributed by atoms with Crippen LogP contribution in [0.1, 0.15) is 63.2 Å². The third-order valence-electron chi connectivity index (χ3n) is 4.21. The molecule has 2 N–H and O–H groups in total. The van der Waals surface area contributed by atoms with Crippen LogP contribution in [0.2, 0.25) is 0 Å². The zero-order chi connectivity index (χ0) is 24.0. The third kappa shape index (κ3) is 12.0. The SMILES string of the molecule is COC(=O)CCCCCNC(=O)c1cc(OC)cc(OCCCNC(=O)OC(C)(C)C)c1. The summed E-state index contributed by atoms with van der Waals surface area (Å²) in [5, 5.41) is 5.53. The second kappa shape index (κ2) is 14.2. The summed E-state index contributed by atoms with van der Waals surface area (Å²) in [4.78, 5) is 35.2. The number of methoxy groups -OCH3 is 2. The van der Waals surface area contributed by atoms with Gasteiger partial charge >= 0.3 is 12.1 Å². The Morgan fingerprint density at radius 1 is 0.875 bits per heavy atom. The minimum atomic E-state index is -0.540. The average molecular weight is 453 g/mol. The number of benzene rings is 1. The molecule has 32 heavy (non-hydrogen) atoms. The molecule has 1 aromatic rings. The van der Waals surface area contributed by atoms with Crippen LogP contribution in [0.5, 0.6) is 11.5 Å². The minimum Gasteiger partial charge on any atom is -0.497 e. The van der Waals surface area contributed by atoms with Crippen molar-refractivity contribution in [3.05, 3.63) is 23.8 Å². The van der Waals surface area contributed by atoms with Crippen LogP contribution in [-0.2, 0) is 14.3 Å². The minimum absolute atomic E-state index is 0.224. The van der Waals surface area contributed by atoms with Crippen molar-refractivity contribution in [3.63, 3.8) is 0 Å². The number of esters is 1. The summed E-state index contributed by atoms with van der Waals surface area (Å²) in [6, 6.07) is 4.99. The average Bonchev–Trinajstić information content (AvgIpc) is 2.73. The van der Waals surface area contributed by atoms with Crippen molar-refractivity contribution in [2.75, 3.05) is 33.9 Å². The lowest BCUT2D eigenvalue weighted by molar-refractivity contribution is -0.140. The predicted octanol–water partition coefficient (Wildman–Crippen LogP) is 3.45. The van der Waals surface area contributed by atoms with Gasteiger partial charge in [0.2, 0.25) is 0 Å². The summed E-state index contributed by atoms with van der Waals surface area (Å²) in [5.41, 5.74) is -0.109. The second-order valence-corrected chi connectivity index (χ2v) is 8.17. The highest BCUT2D eigenvalue weighted by molar-refractivity contribution is 5.95. The molecule has 0 aliphatic heterocycles. The molecule has 0 heterocycles. The van der Waals surface area contributed by atoms with Crippen molar-refractivity contribution >= 4 is 18.0 Å². The van der Waals surface area contributed by atoms with E-state index >= 15 is 0 Å². The number of hydrogen-bond donors (Lipinski definition) is 2. The maximum atomic E-state index is 12.5. The van der Waals surface area contributed by atoms with Gasteiger partial charge in [0.25, 0.3) is 5.91 Å². The second-order valence-electron chi connectivity index (χ2n) is 8.17. The molecule has 0 spiro atoms. The number of ether oxygens (including phenoxy) is 4. The van der Waals surface area contributed by atoms with E-state index in [9.17, 15) is 14.4 Å². The van der Waals surface area contributed by atoms with E-state index in [1.807, 2.05) is 0 Å². The Bertz CT molecular complexity index is 744. The lowest BCUT2D eigenvalue weighted by Gasteiger charge is -2.19. The van der Waals surface area contributed by atoms with Crippen LogP contribution in [0.25, 0.3) is 0 Å². The number of alkyl carbamates (subject to hydrolysis) is 1. The largest absolute Gasteiger partial charge is 0.497 e. The Morgan fingerprint density at radius 2 is 1.56 bits per heavy atom. The third-order valence-corrected chi connectivity index (χ3v) is 4.21. The van der Waals surface area contributed by atoms with Crippen molar-refractivity contribution < 1.29 is 33.3 Å². The first-order valence-corrected chi connectivity index (χ1v) is 10.8. The van der Waals surface area contributed by atoms with Crippen molar-refractivity contribution in [1.29, 1.82) is 0 Å². The van der Waals surface area contributed by atoms with E-state index < -0.39 is 11.7 Å². The zero-order valence-electron chi connectivity index (χ0n) is 19.7. The lowest BCUT2D eigenvalue weighted by Crippen LogP contribution is -2.33. The molecule has 9 nitrogen and oxygen atoms in total. The number of hydrogen-bond acceptors (Lipinski definition) is 7. The molecule has 1 rings (SSSR count). The van der Waals surface area contributed by atoms with Gasteiger partial charge in [0, 0.05) is 31.1 Å². The molecule has 0 fully saturated rings. The van der Waals surface area contributed by atoms with Crippen LogP contribution >= 0.6 is 0 Å². The molecule has 0 aromatic heterocycles. The Kier molecular flexibility index (Phi) is 12.0. The Labute approximate surface area is 190 Å². The molecule has 180 valence electrons. The standard InChI is InChI=1S/C23H36N2O7/c1-23(2,3)32-22(28)25-12-9-13-31-19-15-17(14-18(16-19)29-4)21(27)24-11-8-6-7-10-20(26)30-5/h14-16H,6-13H2,1-5H3,(H,24,27)(H,25,28). The fourth-order valence-corrected chi connectivity index (χ4v) is 2.65. The number of carbonyl (C=O) groups is 3. The highest BCUT2D eigenvalue weighted by Crippen LogP contribution is 2.23. The Hall–Kier alpha value is -2.97. The first-order valence-electron chi connectivity index (χ1n) is 10.8. The van der Waals surface area contributed by atoms with E-state index in [1.54, 1.807) is 39.0 Å². The van der Waals surface area contributed by atoms with Gasteiger partial charge in [-0.1, -0.05) is 6.42 Å². The molecule has 0 saturated carbocycles. The molecule has 0 bridgehead atoms. The van der Waals surface area contributed by atoms with Crippen molar-refractivity contribution in [2.24, 2.45) is 0 Å². The molecule has 0 unspecified atom stereocenters. The zero-order valence-corrected chi connectivity index (χ0v) is 19.7. The van der Waals surface area contributed by atoms with Crippen molar-refractivity contribution in [1.82, 2.24) is 10.6 Å². The number of rotatable bonds is 13. The van der Waals surface area contributed by atoms with E-state index in [-0.39, 0.29) is 11.9 Å². The molecule has 0 atom stereocenters. The quantitative estimate of drug-likeness (QED) is 0.348. The molecule has 1 aromatic carbocycles. The fraction of sp³-hybridized carbons (Fsp3) is 0.609. The molecule has 0 aliphatic rings. The number of carbonyl (C=O) groups excluding carboxylic acids is 3. The highest BCUT2D eigenvalue weighted by atomic mass is 16.6. The molecule has 0 aliphatic carbocycles. The van der Waals surface area contributed by atoms with Crippen LogP contribution in [0.3, 0.4) is 0 Å². The van der Waals surface area contributed by atoms with E-state index in [0.29, 0.717) is 49.6 Å². The van der Waals surface area contributed by atoms with Gasteiger partial charge in [0.1, 0.15) is 17.1 Å². The van der Waals surface area contributed by atoms with Gasteiger partial charge in [-0.25, -0.2) is 4.79 Å². The molecular formula is C23H36N2O7. The molecule has 2 amide bonds. The topological polar surface area (TPSA) is 112 Å². The number of unbranched alkanes of at least 4 members (excludes halogenated alkanes) is 2. The summed E-state index contributed by atoms with van der Waals surface area (Å²) < 4.78 is 20.8. The van der Waals surface area contributed by atoms with Gasteiger partial charge < -0.3 is 29.6 Å². The smallest absolute Gasteiger partial charge is 0.407 e. The highest BCUT2D eigenvalue weighted by Gasteiger charge is 2.15. The van der Waals surface area contributed by atoms with Gasteiger partial charge in [-0.3, -0.25) is 9.59 Å². The van der Waals surface area contributed by atoms with E-state index in [0.717, 1.165) is 19.3 Å². The van der Waals surface area contributed by atoms with Crippen LogP contribution in [0.15, 0.2) is 18.2 Å². The monoisotopic (exact) mass is 452 g/mol. The molecule has 0 radical (unpaired) electrons. The van der Waals surface area contributed by atoms with Gasteiger partial charge in [-0.15, -0.1) is 0 Å². The van der Waals surface area contributed by atoms with Crippen LogP contribution < -0.4 is 20.1 Å². The van der Waals surface area contributed by atoms with Gasteiger partial charge in [0.15, 0.2) is 0 Å².